The summed E-state index contributed by atoms with van der Waals surface area (Å²) in [6, 6.07) is 18.7. The molecule has 4 aliphatic rings. The Labute approximate surface area is 187 Å². The molecule has 3 aromatic rings. The third-order valence-corrected chi connectivity index (χ3v) is 8.17. The number of hydrogen-bond acceptors (Lipinski definition) is 3. The lowest BCUT2D eigenvalue weighted by Gasteiger charge is -2.51. The first-order valence-electron chi connectivity index (χ1n) is 11.6. The maximum absolute atomic E-state index is 11.5. The Morgan fingerprint density at radius 1 is 0.938 bits per heavy atom. The van der Waals surface area contributed by atoms with Crippen LogP contribution in [0.15, 0.2) is 78.9 Å². The van der Waals surface area contributed by atoms with Crippen molar-refractivity contribution in [3.05, 3.63) is 106 Å². The van der Waals surface area contributed by atoms with E-state index in [0.29, 0.717) is 23.7 Å². The lowest BCUT2D eigenvalue weighted by atomic mass is 9.69. The molecule has 0 amide bonds. The van der Waals surface area contributed by atoms with Crippen LogP contribution in [0.25, 0.3) is 10.8 Å². The van der Waals surface area contributed by atoms with Gasteiger partial charge in [-0.2, -0.15) is 0 Å². The van der Waals surface area contributed by atoms with E-state index in [1.54, 1.807) is 6.07 Å². The molecule has 4 nitrogen and oxygen atoms in total. The smallest absolute Gasteiger partial charge is 0.269 e. The molecule has 32 heavy (non-hydrogen) atoms. The van der Waals surface area contributed by atoms with Crippen molar-refractivity contribution in [2.75, 3.05) is 11.4 Å². The van der Waals surface area contributed by atoms with Gasteiger partial charge in [-0.25, -0.2) is 0 Å². The van der Waals surface area contributed by atoms with Gasteiger partial charge in [-0.3, -0.25) is 10.1 Å². The van der Waals surface area contributed by atoms with Crippen LogP contribution in [0.1, 0.15) is 47.4 Å². The van der Waals surface area contributed by atoms with Gasteiger partial charge in [-0.05, 0) is 58.2 Å². The first kappa shape index (κ1) is 18.2. The molecule has 0 aromatic heterocycles. The minimum atomic E-state index is -0.267. The zero-order chi connectivity index (χ0) is 21.4. The van der Waals surface area contributed by atoms with Crippen LogP contribution in [0.5, 0.6) is 0 Å². The van der Waals surface area contributed by atoms with E-state index >= 15 is 0 Å². The van der Waals surface area contributed by atoms with E-state index in [1.807, 2.05) is 12.1 Å². The SMILES string of the molecule is O=[N+]([O-])c1cccc([C@@H]2[C@@H]3CC=C[C@@H]3c3c4c(cc5ccccc35)[C@@H]3C=CC[C@@H]3CN42)c1. The van der Waals surface area contributed by atoms with Crippen LogP contribution in [-0.4, -0.2) is 11.5 Å². The summed E-state index contributed by atoms with van der Waals surface area (Å²) in [5.41, 5.74) is 5.56. The van der Waals surface area contributed by atoms with E-state index in [1.165, 1.54) is 27.6 Å². The van der Waals surface area contributed by atoms with Gasteiger partial charge in [0.25, 0.3) is 5.69 Å². The third kappa shape index (κ3) is 2.38. The van der Waals surface area contributed by atoms with Crippen molar-refractivity contribution in [1.29, 1.82) is 0 Å². The van der Waals surface area contributed by atoms with Crippen molar-refractivity contribution >= 4 is 22.1 Å². The van der Waals surface area contributed by atoms with Gasteiger partial charge in [-0.15, -0.1) is 0 Å². The highest BCUT2D eigenvalue weighted by Crippen LogP contribution is 2.60. The van der Waals surface area contributed by atoms with Crippen LogP contribution in [0.4, 0.5) is 11.4 Å². The average Bonchev–Trinajstić information content (AvgIpc) is 3.48. The van der Waals surface area contributed by atoms with E-state index in [2.05, 4.69) is 65.6 Å². The predicted octanol–water partition coefficient (Wildman–Crippen LogP) is 6.64. The molecule has 5 atom stereocenters. The fourth-order valence-corrected chi connectivity index (χ4v) is 6.93. The Hall–Kier alpha value is -3.40. The quantitative estimate of drug-likeness (QED) is 0.265. The van der Waals surface area contributed by atoms with Gasteiger partial charge in [0.05, 0.1) is 11.0 Å². The number of rotatable bonds is 2. The monoisotopic (exact) mass is 420 g/mol. The topological polar surface area (TPSA) is 46.4 Å². The Bertz CT molecular complexity index is 1340. The van der Waals surface area contributed by atoms with Gasteiger partial charge in [-0.1, -0.05) is 60.7 Å². The zero-order valence-electron chi connectivity index (χ0n) is 17.7. The number of benzene rings is 3. The molecule has 2 heterocycles. The largest absolute Gasteiger partial charge is 0.363 e. The van der Waals surface area contributed by atoms with E-state index in [9.17, 15) is 10.1 Å². The van der Waals surface area contributed by atoms with Crippen molar-refractivity contribution < 1.29 is 4.92 Å². The van der Waals surface area contributed by atoms with Crippen molar-refractivity contribution in [1.82, 2.24) is 0 Å². The lowest BCUT2D eigenvalue weighted by Crippen LogP contribution is -2.46. The van der Waals surface area contributed by atoms with Crippen LogP contribution >= 0.6 is 0 Å². The Balaban J connectivity index is 1.52. The molecule has 0 N–H and O–H groups in total. The van der Waals surface area contributed by atoms with Crippen molar-refractivity contribution in [3.63, 3.8) is 0 Å². The molecule has 0 unspecified atom stereocenters. The van der Waals surface area contributed by atoms with Gasteiger partial charge in [0.15, 0.2) is 0 Å². The molecule has 4 heteroatoms. The predicted molar refractivity (Wildman–Crippen MR) is 127 cm³/mol. The summed E-state index contributed by atoms with van der Waals surface area (Å²) in [4.78, 5) is 13.9. The van der Waals surface area contributed by atoms with Crippen LogP contribution < -0.4 is 4.90 Å². The number of nitro groups is 1. The van der Waals surface area contributed by atoms with Gasteiger partial charge >= 0.3 is 0 Å². The van der Waals surface area contributed by atoms with Gasteiger partial charge in [0, 0.05) is 36.2 Å². The van der Waals surface area contributed by atoms with Crippen LogP contribution in [0.3, 0.4) is 0 Å². The molecular weight excluding hydrogens is 396 g/mol. The number of hydrogen-bond donors (Lipinski definition) is 0. The molecule has 0 spiro atoms. The Morgan fingerprint density at radius 2 is 1.78 bits per heavy atom. The molecule has 3 aromatic carbocycles. The molecule has 0 saturated heterocycles. The molecule has 0 fully saturated rings. The number of anilines is 1. The highest BCUT2D eigenvalue weighted by atomic mass is 16.6. The van der Waals surface area contributed by atoms with E-state index in [0.717, 1.165) is 24.9 Å². The molecule has 0 radical (unpaired) electrons. The second kappa shape index (κ2) is 6.55. The molecule has 7 rings (SSSR count). The lowest BCUT2D eigenvalue weighted by molar-refractivity contribution is -0.384. The second-order valence-electron chi connectivity index (χ2n) is 9.70. The minimum Gasteiger partial charge on any atom is -0.363 e. The minimum absolute atomic E-state index is 0.156. The number of fused-ring (bicyclic) bond motifs is 6. The molecular formula is C28H24N2O2. The molecule has 0 saturated carbocycles. The highest BCUT2D eigenvalue weighted by molar-refractivity contribution is 5.94. The van der Waals surface area contributed by atoms with E-state index in [-0.39, 0.29) is 16.7 Å². The molecule has 2 aliphatic heterocycles. The Kier molecular flexibility index (Phi) is 3.73. The number of allylic oxidation sites excluding steroid dienone is 4. The summed E-state index contributed by atoms with van der Waals surface area (Å²) < 4.78 is 0. The maximum Gasteiger partial charge on any atom is 0.269 e. The van der Waals surface area contributed by atoms with Crippen molar-refractivity contribution in [3.8, 4) is 0 Å². The summed E-state index contributed by atoms with van der Waals surface area (Å²) in [6.45, 7) is 1.01. The van der Waals surface area contributed by atoms with E-state index in [4.69, 9.17) is 0 Å². The zero-order valence-corrected chi connectivity index (χ0v) is 17.7. The summed E-state index contributed by atoms with van der Waals surface area (Å²) in [6.07, 6.45) is 11.6. The number of non-ortho nitro benzene ring substituents is 1. The second-order valence-corrected chi connectivity index (χ2v) is 9.70. The first-order chi connectivity index (χ1) is 15.7. The van der Waals surface area contributed by atoms with Crippen LogP contribution in [0.2, 0.25) is 0 Å². The van der Waals surface area contributed by atoms with E-state index < -0.39 is 0 Å². The summed E-state index contributed by atoms with van der Waals surface area (Å²) in [7, 11) is 0. The van der Waals surface area contributed by atoms with Crippen molar-refractivity contribution in [2.45, 2.75) is 30.7 Å². The Morgan fingerprint density at radius 3 is 2.69 bits per heavy atom. The molecule has 0 bridgehead atoms. The summed E-state index contributed by atoms with van der Waals surface area (Å²) in [5.74, 6) is 1.78. The number of nitrogens with zero attached hydrogens (tertiary/aromatic N) is 2. The number of nitro benzene ring substituents is 1. The molecule has 2 aliphatic carbocycles. The van der Waals surface area contributed by atoms with Crippen molar-refractivity contribution in [2.24, 2.45) is 11.8 Å². The fourth-order valence-electron chi connectivity index (χ4n) is 6.93. The summed E-state index contributed by atoms with van der Waals surface area (Å²) >= 11 is 0. The standard InChI is InChI=1S/C28H24N2O2/c31-30(32)20-9-3-7-18(14-20)27-24-13-5-12-23(24)26-22-10-2-1-6-17(22)15-25-21-11-4-8-19(21)16-29(27)28(25)26/h1-7,9-12,14-15,19,21,23-24,27H,8,13,16H2/t19-,21-,23+,24-,27-/m1/s1. The molecule has 158 valence electrons. The normalized spacial score (nSPS) is 29.1. The van der Waals surface area contributed by atoms with Crippen LogP contribution in [0, 0.1) is 22.0 Å². The maximum atomic E-state index is 11.5. The van der Waals surface area contributed by atoms with Gasteiger partial charge in [0.2, 0.25) is 0 Å². The average molecular weight is 421 g/mol. The highest BCUT2D eigenvalue weighted by Gasteiger charge is 2.48. The van der Waals surface area contributed by atoms with Gasteiger partial charge in [0.1, 0.15) is 0 Å². The summed E-state index contributed by atoms with van der Waals surface area (Å²) in [5, 5.41) is 14.2. The third-order valence-electron chi connectivity index (χ3n) is 8.17. The fraction of sp³-hybridized carbons (Fsp3) is 0.286. The van der Waals surface area contributed by atoms with Crippen LogP contribution in [-0.2, 0) is 0 Å². The first-order valence-corrected chi connectivity index (χ1v) is 11.6. The van der Waals surface area contributed by atoms with Gasteiger partial charge < -0.3 is 4.90 Å².